The Hall–Kier alpha value is -2.64. The fourth-order valence-corrected chi connectivity index (χ4v) is 4.64. The summed E-state index contributed by atoms with van der Waals surface area (Å²) in [6.07, 6.45) is 1.24. The third-order valence-corrected chi connectivity index (χ3v) is 6.57. The van der Waals surface area contributed by atoms with E-state index in [0.29, 0.717) is 15.9 Å². The summed E-state index contributed by atoms with van der Waals surface area (Å²) in [5, 5.41) is 4.00. The van der Waals surface area contributed by atoms with Crippen molar-refractivity contribution in [2.45, 2.75) is 51.0 Å². The quantitative estimate of drug-likeness (QED) is 0.521. The SMILES string of the molecule is CC(C)c1cc(Cl)cc(C(C)C)c1CNC(=O)NS(=O)(=O)c1cnc2ccccc2c1. The minimum absolute atomic E-state index is 0.0708. The van der Waals surface area contributed by atoms with Gasteiger partial charge in [-0.3, -0.25) is 4.98 Å². The van der Waals surface area contributed by atoms with E-state index in [0.717, 1.165) is 16.7 Å². The first-order valence-electron chi connectivity index (χ1n) is 10.1. The number of carbonyl (C=O) groups excluding carboxylic acids is 1. The van der Waals surface area contributed by atoms with Gasteiger partial charge in [-0.1, -0.05) is 57.5 Å². The summed E-state index contributed by atoms with van der Waals surface area (Å²) >= 11 is 6.28. The highest BCUT2D eigenvalue weighted by Crippen LogP contribution is 2.31. The molecule has 6 nitrogen and oxygen atoms in total. The Labute approximate surface area is 188 Å². The molecule has 2 N–H and O–H groups in total. The molecule has 0 bridgehead atoms. The molecule has 2 aromatic carbocycles. The first kappa shape index (κ1) is 23.0. The number of urea groups is 1. The summed E-state index contributed by atoms with van der Waals surface area (Å²) in [6, 6.07) is 11.7. The number of benzene rings is 2. The Kier molecular flexibility index (Phi) is 6.86. The summed E-state index contributed by atoms with van der Waals surface area (Å²) in [5.41, 5.74) is 3.68. The molecule has 164 valence electrons. The maximum Gasteiger partial charge on any atom is 0.328 e. The van der Waals surface area contributed by atoms with Crippen LogP contribution in [0.3, 0.4) is 0 Å². The summed E-state index contributed by atoms with van der Waals surface area (Å²) < 4.78 is 27.4. The van der Waals surface area contributed by atoms with Gasteiger partial charge in [0.1, 0.15) is 4.90 Å². The predicted molar refractivity (Wildman–Crippen MR) is 124 cm³/mol. The van der Waals surface area contributed by atoms with Crippen molar-refractivity contribution in [1.82, 2.24) is 15.0 Å². The molecule has 2 amide bonds. The van der Waals surface area contributed by atoms with Gasteiger partial charge in [-0.15, -0.1) is 0 Å². The number of rotatable bonds is 6. The van der Waals surface area contributed by atoms with Crippen molar-refractivity contribution in [1.29, 1.82) is 0 Å². The van der Waals surface area contributed by atoms with Crippen LogP contribution in [0.15, 0.2) is 53.6 Å². The molecule has 0 saturated heterocycles. The van der Waals surface area contributed by atoms with E-state index in [-0.39, 0.29) is 23.3 Å². The largest absolute Gasteiger partial charge is 0.333 e. The van der Waals surface area contributed by atoms with Gasteiger partial charge < -0.3 is 5.32 Å². The molecule has 3 aromatic rings. The third-order valence-electron chi connectivity index (χ3n) is 5.06. The molecule has 0 radical (unpaired) electrons. The monoisotopic (exact) mass is 459 g/mol. The Morgan fingerprint density at radius 1 is 1.03 bits per heavy atom. The van der Waals surface area contributed by atoms with Gasteiger partial charge in [-0.2, -0.15) is 0 Å². The van der Waals surface area contributed by atoms with E-state index in [1.54, 1.807) is 18.2 Å². The molecule has 0 aliphatic heterocycles. The second-order valence-corrected chi connectivity index (χ2v) is 10.1. The lowest BCUT2D eigenvalue weighted by atomic mass is 9.88. The molecule has 8 heteroatoms. The van der Waals surface area contributed by atoms with Gasteiger partial charge in [-0.25, -0.2) is 17.9 Å². The number of sulfonamides is 1. The highest BCUT2D eigenvalue weighted by molar-refractivity contribution is 7.90. The van der Waals surface area contributed by atoms with Gasteiger partial charge in [-0.05, 0) is 52.8 Å². The van der Waals surface area contributed by atoms with Gasteiger partial charge in [0.05, 0.1) is 5.52 Å². The van der Waals surface area contributed by atoms with Crippen LogP contribution in [0.1, 0.15) is 56.2 Å². The molecule has 31 heavy (non-hydrogen) atoms. The minimum atomic E-state index is -4.06. The predicted octanol–water partition coefficient (Wildman–Crippen LogP) is 5.32. The van der Waals surface area contributed by atoms with Crippen LogP contribution in [0.5, 0.6) is 0 Å². The van der Waals surface area contributed by atoms with Crippen LogP contribution in [0.4, 0.5) is 4.79 Å². The molecular weight excluding hydrogens is 434 g/mol. The van der Waals surface area contributed by atoms with E-state index in [2.05, 4.69) is 42.7 Å². The Balaban J connectivity index is 1.79. The molecule has 1 heterocycles. The van der Waals surface area contributed by atoms with Gasteiger partial charge in [0.15, 0.2) is 0 Å². The van der Waals surface area contributed by atoms with Crippen molar-refractivity contribution in [3.8, 4) is 0 Å². The van der Waals surface area contributed by atoms with Crippen molar-refractivity contribution in [2.75, 3.05) is 0 Å². The zero-order chi connectivity index (χ0) is 22.8. The Morgan fingerprint density at radius 3 is 2.26 bits per heavy atom. The number of hydrogen-bond acceptors (Lipinski definition) is 4. The number of hydrogen-bond donors (Lipinski definition) is 2. The molecule has 0 spiro atoms. The van der Waals surface area contributed by atoms with Crippen molar-refractivity contribution in [2.24, 2.45) is 0 Å². The first-order chi connectivity index (χ1) is 14.6. The summed E-state index contributed by atoms with van der Waals surface area (Å²) in [6.45, 7) is 8.40. The van der Waals surface area contributed by atoms with E-state index in [4.69, 9.17) is 11.6 Å². The molecule has 0 aliphatic rings. The number of para-hydroxylation sites is 1. The summed E-state index contributed by atoms with van der Waals surface area (Å²) in [4.78, 5) is 16.5. The fraction of sp³-hybridized carbons (Fsp3) is 0.304. The average Bonchev–Trinajstić information content (AvgIpc) is 2.71. The number of fused-ring (bicyclic) bond motifs is 1. The lowest BCUT2D eigenvalue weighted by Gasteiger charge is -2.21. The van der Waals surface area contributed by atoms with E-state index < -0.39 is 16.1 Å². The molecule has 3 rings (SSSR count). The number of nitrogens with zero attached hydrogens (tertiary/aromatic N) is 1. The summed E-state index contributed by atoms with van der Waals surface area (Å²) in [5.74, 6) is 0.395. The fourth-order valence-electron chi connectivity index (χ4n) is 3.50. The van der Waals surface area contributed by atoms with E-state index in [1.807, 2.05) is 18.2 Å². The molecular formula is C23H26ClN3O3S. The maximum atomic E-state index is 12.7. The van der Waals surface area contributed by atoms with Crippen LogP contribution in [0.2, 0.25) is 5.02 Å². The van der Waals surface area contributed by atoms with Crippen LogP contribution in [0, 0.1) is 0 Å². The van der Waals surface area contributed by atoms with Gasteiger partial charge >= 0.3 is 6.03 Å². The van der Waals surface area contributed by atoms with Crippen LogP contribution in [-0.2, 0) is 16.6 Å². The number of aromatic nitrogens is 1. The zero-order valence-electron chi connectivity index (χ0n) is 17.9. The van der Waals surface area contributed by atoms with E-state index in [1.165, 1.54) is 12.3 Å². The Bertz CT molecular complexity index is 1190. The average molecular weight is 460 g/mol. The third kappa shape index (κ3) is 5.35. The Morgan fingerprint density at radius 2 is 1.65 bits per heavy atom. The number of amides is 2. The van der Waals surface area contributed by atoms with Crippen LogP contribution in [0.25, 0.3) is 10.9 Å². The van der Waals surface area contributed by atoms with Crippen molar-refractivity contribution >= 4 is 38.6 Å². The normalized spacial score (nSPS) is 11.8. The highest BCUT2D eigenvalue weighted by atomic mass is 35.5. The number of halogens is 1. The number of nitrogens with one attached hydrogen (secondary N) is 2. The van der Waals surface area contributed by atoms with E-state index >= 15 is 0 Å². The van der Waals surface area contributed by atoms with E-state index in [9.17, 15) is 13.2 Å². The summed E-state index contributed by atoms with van der Waals surface area (Å²) in [7, 11) is -4.06. The zero-order valence-corrected chi connectivity index (χ0v) is 19.5. The molecule has 0 atom stereocenters. The second-order valence-electron chi connectivity index (χ2n) is 8.02. The molecule has 0 saturated carbocycles. The maximum absolute atomic E-state index is 12.7. The smallest absolute Gasteiger partial charge is 0.328 e. The minimum Gasteiger partial charge on any atom is -0.333 e. The topological polar surface area (TPSA) is 88.2 Å². The highest BCUT2D eigenvalue weighted by Gasteiger charge is 2.20. The number of pyridine rings is 1. The first-order valence-corrected chi connectivity index (χ1v) is 11.9. The van der Waals surface area contributed by atoms with Gasteiger partial charge in [0.25, 0.3) is 10.0 Å². The standard InChI is InChI=1S/C23H26ClN3O3S/c1-14(2)19-10-17(24)11-20(15(3)4)21(19)13-26-23(28)27-31(29,30)18-9-16-7-5-6-8-22(16)25-12-18/h5-12,14-15H,13H2,1-4H3,(H2,26,27,28). The van der Waals surface area contributed by atoms with Gasteiger partial charge in [0.2, 0.25) is 0 Å². The van der Waals surface area contributed by atoms with Crippen LogP contribution < -0.4 is 10.0 Å². The van der Waals surface area contributed by atoms with Crippen LogP contribution in [-0.4, -0.2) is 19.4 Å². The molecule has 1 aromatic heterocycles. The molecule has 0 unspecified atom stereocenters. The second kappa shape index (κ2) is 9.24. The van der Waals surface area contributed by atoms with Gasteiger partial charge in [0, 0.05) is 23.2 Å². The van der Waals surface area contributed by atoms with Crippen molar-refractivity contribution in [3.63, 3.8) is 0 Å². The lowest BCUT2D eigenvalue weighted by molar-refractivity contribution is 0.245. The van der Waals surface area contributed by atoms with Crippen molar-refractivity contribution in [3.05, 3.63) is 70.4 Å². The van der Waals surface area contributed by atoms with Crippen molar-refractivity contribution < 1.29 is 13.2 Å². The lowest BCUT2D eigenvalue weighted by Crippen LogP contribution is -2.39. The number of carbonyl (C=O) groups is 1. The molecule has 0 aliphatic carbocycles. The van der Waals surface area contributed by atoms with Crippen LogP contribution >= 0.6 is 11.6 Å². The molecule has 0 fully saturated rings.